The Morgan fingerprint density at radius 3 is 1.65 bits per heavy atom. The fraction of sp³-hybridized carbons (Fsp3) is 0.130. The van der Waals surface area contributed by atoms with Crippen molar-refractivity contribution in [2.45, 2.75) is 12.3 Å². The first-order valence-corrected chi connectivity index (χ1v) is 8.29. The molecule has 1 aliphatic carbocycles. The van der Waals surface area contributed by atoms with Gasteiger partial charge in [0.15, 0.2) is 0 Å². The lowest BCUT2D eigenvalue weighted by Crippen LogP contribution is -1.89. The van der Waals surface area contributed by atoms with Crippen LogP contribution in [0.3, 0.4) is 0 Å². The van der Waals surface area contributed by atoms with Crippen LogP contribution in [0.25, 0.3) is 5.57 Å². The highest BCUT2D eigenvalue weighted by Gasteiger charge is 2.36. The second-order valence-electron chi connectivity index (χ2n) is 6.23. The molecule has 1 fully saturated rings. The van der Waals surface area contributed by atoms with Crippen molar-refractivity contribution in [1.82, 2.24) is 0 Å². The minimum atomic E-state index is 0.646. The smallest absolute Gasteiger partial charge is 0.00926 e. The first kappa shape index (κ1) is 14.0. The molecule has 1 aliphatic rings. The Hall–Kier alpha value is -2.60. The van der Waals surface area contributed by atoms with Crippen molar-refractivity contribution in [2.24, 2.45) is 5.92 Å². The Morgan fingerprint density at radius 2 is 1.13 bits per heavy atom. The van der Waals surface area contributed by atoms with Crippen LogP contribution >= 0.6 is 0 Å². The van der Waals surface area contributed by atoms with Gasteiger partial charge in [-0.3, -0.25) is 0 Å². The molecule has 1 saturated carbocycles. The van der Waals surface area contributed by atoms with E-state index in [0.29, 0.717) is 11.8 Å². The lowest BCUT2D eigenvalue weighted by atomic mass is 9.96. The van der Waals surface area contributed by atoms with Gasteiger partial charge in [-0.05, 0) is 40.5 Å². The topological polar surface area (TPSA) is 0 Å². The third kappa shape index (κ3) is 3.12. The molecule has 3 aromatic carbocycles. The van der Waals surface area contributed by atoms with Gasteiger partial charge in [0.1, 0.15) is 0 Å². The highest BCUT2D eigenvalue weighted by atomic mass is 14.4. The molecule has 0 N–H and O–H groups in total. The Balaban J connectivity index is 1.67. The Kier molecular flexibility index (Phi) is 3.81. The molecule has 0 amide bonds. The van der Waals surface area contributed by atoms with Gasteiger partial charge in [-0.1, -0.05) is 97.1 Å². The van der Waals surface area contributed by atoms with Gasteiger partial charge in [-0.25, -0.2) is 0 Å². The van der Waals surface area contributed by atoms with Crippen molar-refractivity contribution in [3.8, 4) is 0 Å². The lowest BCUT2D eigenvalue weighted by Gasteiger charge is -2.09. The van der Waals surface area contributed by atoms with E-state index in [1.165, 1.54) is 28.7 Å². The first-order valence-electron chi connectivity index (χ1n) is 8.29. The second kappa shape index (κ2) is 6.26. The van der Waals surface area contributed by atoms with Gasteiger partial charge in [0.25, 0.3) is 0 Å². The highest BCUT2D eigenvalue weighted by molar-refractivity contribution is 5.80. The molecule has 3 aromatic rings. The summed E-state index contributed by atoms with van der Waals surface area (Å²) < 4.78 is 0. The average molecular weight is 296 g/mol. The molecule has 0 radical (unpaired) electrons. The molecule has 0 spiro atoms. The van der Waals surface area contributed by atoms with E-state index in [-0.39, 0.29) is 0 Å². The summed E-state index contributed by atoms with van der Waals surface area (Å²) in [5.74, 6) is 1.33. The van der Waals surface area contributed by atoms with Crippen LogP contribution in [0.2, 0.25) is 0 Å². The SMILES string of the molecule is C(=C(c1ccccc1)c1ccccc1)[C@H]1C[C@H]1c1ccccc1. The van der Waals surface area contributed by atoms with Gasteiger partial charge >= 0.3 is 0 Å². The molecule has 2 atom stereocenters. The van der Waals surface area contributed by atoms with E-state index in [2.05, 4.69) is 97.1 Å². The number of benzene rings is 3. The zero-order valence-electron chi connectivity index (χ0n) is 13.1. The summed E-state index contributed by atoms with van der Waals surface area (Å²) in [6.07, 6.45) is 3.73. The van der Waals surface area contributed by atoms with Crippen LogP contribution in [0.4, 0.5) is 0 Å². The molecule has 0 saturated heterocycles. The molecular formula is C23H20. The summed E-state index contributed by atoms with van der Waals surface area (Å²) in [6.45, 7) is 0. The van der Waals surface area contributed by atoms with Crippen LogP contribution in [0, 0.1) is 5.92 Å². The summed E-state index contributed by atoms with van der Waals surface area (Å²) in [4.78, 5) is 0. The number of hydrogen-bond donors (Lipinski definition) is 0. The molecule has 0 nitrogen and oxygen atoms in total. The van der Waals surface area contributed by atoms with Crippen molar-refractivity contribution in [1.29, 1.82) is 0 Å². The van der Waals surface area contributed by atoms with Crippen LogP contribution in [-0.4, -0.2) is 0 Å². The van der Waals surface area contributed by atoms with Crippen LogP contribution < -0.4 is 0 Å². The summed E-state index contributed by atoms with van der Waals surface area (Å²) in [6, 6.07) is 32.3. The third-order valence-electron chi connectivity index (χ3n) is 4.62. The summed E-state index contributed by atoms with van der Waals surface area (Å²) in [7, 11) is 0. The maximum atomic E-state index is 2.47. The van der Waals surface area contributed by atoms with E-state index in [1.807, 2.05) is 0 Å². The molecule has 23 heavy (non-hydrogen) atoms. The number of hydrogen-bond acceptors (Lipinski definition) is 0. The minimum absolute atomic E-state index is 0.646. The van der Waals surface area contributed by atoms with Gasteiger partial charge in [0.2, 0.25) is 0 Å². The first-order chi connectivity index (χ1) is 11.4. The summed E-state index contributed by atoms with van der Waals surface area (Å²) in [5, 5.41) is 0. The molecule has 0 aliphatic heterocycles. The Bertz CT molecular complexity index is 744. The van der Waals surface area contributed by atoms with Crippen molar-refractivity contribution >= 4 is 5.57 Å². The Labute approximate surface area is 138 Å². The van der Waals surface area contributed by atoms with Crippen molar-refractivity contribution < 1.29 is 0 Å². The van der Waals surface area contributed by atoms with E-state index in [1.54, 1.807) is 0 Å². The molecule has 0 aromatic heterocycles. The normalized spacial score (nSPS) is 19.1. The maximum Gasteiger partial charge on any atom is -0.00926 e. The quantitative estimate of drug-likeness (QED) is 0.560. The Morgan fingerprint density at radius 1 is 0.652 bits per heavy atom. The minimum Gasteiger partial charge on any atom is -0.0723 e. The van der Waals surface area contributed by atoms with E-state index in [0.717, 1.165) is 0 Å². The molecule has 0 unspecified atom stereocenters. The predicted octanol–water partition coefficient (Wildman–Crippen LogP) is 5.92. The van der Waals surface area contributed by atoms with E-state index in [9.17, 15) is 0 Å². The van der Waals surface area contributed by atoms with Crippen molar-refractivity contribution in [2.75, 3.05) is 0 Å². The predicted molar refractivity (Wildman–Crippen MR) is 97.3 cm³/mol. The van der Waals surface area contributed by atoms with Gasteiger partial charge in [-0.15, -0.1) is 0 Å². The van der Waals surface area contributed by atoms with Crippen LogP contribution in [0.1, 0.15) is 29.0 Å². The molecular weight excluding hydrogens is 276 g/mol. The summed E-state index contributed by atoms with van der Waals surface area (Å²) >= 11 is 0. The van der Waals surface area contributed by atoms with Gasteiger partial charge < -0.3 is 0 Å². The van der Waals surface area contributed by atoms with Crippen molar-refractivity contribution in [3.05, 3.63) is 114 Å². The van der Waals surface area contributed by atoms with Crippen LogP contribution in [0.15, 0.2) is 97.1 Å². The van der Waals surface area contributed by atoms with E-state index >= 15 is 0 Å². The standard InChI is InChI=1S/C23H20/c1-4-10-18(11-5-1)22(19-12-6-2-7-13-19)16-21-17-23(21)20-14-8-3-9-15-20/h1-16,21,23H,17H2/t21-,23-/m0/s1. The average Bonchev–Trinajstić information content (AvgIpc) is 3.41. The highest BCUT2D eigenvalue weighted by Crippen LogP contribution is 2.49. The van der Waals surface area contributed by atoms with Gasteiger partial charge in [-0.2, -0.15) is 0 Å². The van der Waals surface area contributed by atoms with E-state index in [4.69, 9.17) is 0 Å². The molecule has 112 valence electrons. The fourth-order valence-corrected chi connectivity index (χ4v) is 3.29. The fourth-order valence-electron chi connectivity index (χ4n) is 3.29. The van der Waals surface area contributed by atoms with Gasteiger partial charge in [0, 0.05) is 0 Å². The summed E-state index contributed by atoms with van der Waals surface area (Å²) in [5.41, 5.74) is 5.43. The van der Waals surface area contributed by atoms with Gasteiger partial charge in [0.05, 0.1) is 0 Å². The zero-order valence-corrected chi connectivity index (χ0v) is 13.1. The molecule has 4 rings (SSSR count). The molecule has 0 heterocycles. The maximum absolute atomic E-state index is 2.47. The monoisotopic (exact) mass is 296 g/mol. The number of rotatable bonds is 4. The van der Waals surface area contributed by atoms with Crippen molar-refractivity contribution in [3.63, 3.8) is 0 Å². The zero-order chi connectivity index (χ0) is 15.5. The number of allylic oxidation sites excluding steroid dienone is 1. The van der Waals surface area contributed by atoms with E-state index < -0.39 is 0 Å². The third-order valence-corrected chi connectivity index (χ3v) is 4.62. The molecule has 0 bridgehead atoms. The second-order valence-corrected chi connectivity index (χ2v) is 6.23. The van der Waals surface area contributed by atoms with Crippen LogP contribution in [-0.2, 0) is 0 Å². The largest absolute Gasteiger partial charge is 0.0723 e. The van der Waals surface area contributed by atoms with Crippen LogP contribution in [0.5, 0.6) is 0 Å². The lowest BCUT2D eigenvalue weighted by molar-refractivity contribution is 1.01. The molecule has 0 heteroatoms.